The molecular weight excluding hydrogens is 334 g/mol. The number of carbonyl (C=O) groups is 3. The first-order chi connectivity index (χ1) is 12.4. The molecule has 0 spiro atoms. The van der Waals surface area contributed by atoms with Gasteiger partial charge in [0.15, 0.2) is 11.5 Å². The zero-order valence-electron chi connectivity index (χ0n) is 15.0. The molecule has 26 heavy (non-hydrogen) atoms. The number of carboxylic acid groups (broad SMARTS) is 1. The minimum absolute atomic E-state index is 0.0121. The molecule has 0 saturated carbocycles. The van der Waals surface area contributed by atoms with Crippen LogP contribution in [0.1, 0.15) is 32.3 Å². The smallest absolute Gasteiger partial charge is 0.331 e. The molecule has 6 nitrogen and oxygen atoms in total. The van der Waals surface area contributed by atoms with Gasteiger partial charge in [0.1, 0.15) is 0 Å². The van der Waals surface area contributed by atoms with E-state index in [1.165, 1.54) is 27.0 Å². The molecule has 0 bridgehead atoms. The van der Waals surface area contributed by atoms with Crippen LogP contribution < -0.4 is 0 Å². The molecule has 0 radical (unpaired) electrons. The molecule has 0 fully saturated rings. The van der Waals surface area contributed by atoms with Crippen LogP contribution in [0, 0.1) is 0 Å². The first-order valence-corrected chi connectivity index (χ1v) is 8.24. The molecule has 136 valence electrons. The van der Waals surface area contributed by atoms with Crippen LogP contribution in [-0.2, 0) is 25.5 Å². The van der Waals surface area contributed by atoms with E-state index in [2.05, 4.69) is 4.98 Å². The Bertz CT molecular complexity index is 831. The SMILES string of the molecule is COC1=C(C)C(=O)C(/C=C(\CCCc2cccnc2)C(=O)O)=C(C)C1=O. The lowest BCUT2D eigenvalue weighted by molar-refractivity contribution is -0.132. The Morgan fingerprint density at radius 1 is 1.23 bits per heavy atom. The molecule has 0 saturated heterocycles. The van der Waals surface area contributed by atoms with Crippen LogP contribution in [0.2, 0.25) is 0 Å². The molecule has 1 heterocycles. The number of aromatic nitrogens is 1. The topological polar surface area (TPSA) is 93.6 Å². The molecule has 1 N–H and O–H groups in total. The number of ether oxygens (including phenoxy) is 1. The van der Waals surface area contributed by atoms with Gasteiger partial charge in [0.2, 0.25) is 5.78 Å². The molecular formula is C20H21NO5. The van der Waals surface area contributed by atoms with Gasteiger partial charge in [0.25, 0.3) is 0 Å². The van der Waals surface area contributed by atoms with Crippen LogP contribution in [0.4, 0.5) is 0 Å². The summed E-state index contributed by atoms with van der Waals surface area (Å²) < 4.78 is 5.00. The van der Waals surface area contributed by atoms with Crippen LogP contribution in [0.3, 0.4) is 0 Å². The van der Waals surface area contributed by atoms with E-state index >= 15 is 0 Å². The Labute approximate surface area is 151 Å². The highest BCUT2D eigenvalue weighted by atomic mass is 16.5. The number of carboxylic acids is 1. The Kier molecular flexibility index (Phi) is 6.22. The summed E-state index contributed by atoms with van der Waals surface area (Å²) in [5.74, 6) is -1.87. The van der Waals surface area contributed by atoms with Crippen LogP contribution in [0.5, 0.6) is 0 Å². The predicted octanol–water partition coefficient (Wildman–Crippen LogP) is 2.80. The second kappa shape index (κ2) is 8.38. The molecule has 1 aromatic heterocycles. The van der Waals surface area contributed by atoms with Crippen molar-refractivity contribution >= 4 is 17.5 Å². The lowest BCUT2D eigenvalue weighted by Crippen LogP contribution is -2.22. The quantitative estimate of drug-likeness (QED) is 0.597. The summed E-state index contributed by atoms with van der Waals surface area (Å²) in [7, 11) is 1.33. The maximum absolute atomic E-state index is 12.5. The molecule has 0 unspecified atom stereocenters. The number of ketones is 2. The van der Waals surface area contributed by atoms with E-state index in [4.69, 9.17) is 4.74 Å². The van der Waals surface area contributed by atoms with Gasteiger partial charge in [0, 0.05) is 34.7 Å². The van der Waals surface area contributed by atoms with Crippen LogP contribution in [0.15, 0.2) is 58.7 Å². The molecule has 1 aromatic rings. The average molecular weight is 355 g/mol. The molecule has 1 aliphatic carbocycles. The molecule has 0 amide bonds. The minimum Gasteiger partial charge on any atom is -0.492 e. The third kappa shape index (κ3) is 4.14. The number of pyridine rings is 1. The summed E-state index contributed by atoms with van der Waals surface area (Å²) >= 11 is 0. The Balaban J connectivity index is 2.22. The number of methoxy groups -OCH3 is 1. The second-order valence-electron chi connectivity index (χ2n) is 6.04. The third-order valence-electron chi connectivity index (χ3n) is 4.31. The van der Waals surface area contributed by atoms with Gasteiger partial charge >= 0.3 is 5.97 Å². The van der Waals surface area contributed by atoms with Crippen molar-refractivity contribution in [1.82, 2.24) is 4.98 Å². The van der Waals surface area contributed by atoms with Crippen LogP contribution >= 0.6 is 0 Å². The van der Waals surface area contributed by atoms with Crippen LogP contribution in [0.25, 0.3) is 0 Å². The van der Waals surface area contributed by atoms with Gasteiger partial charge in [0.05, 0.1) is 7.11 Å². The third-order valence-corrected chi connectivity index (χ3v) is 4.31. The summed E-state index contributed by atoms with van der Waals surface area (Å²) in [6.07, 6.45) is 6.28. The predicted molar refractivity (Wildman–Crippen MR) is 95.3 cm³/mol. The van der Waals surface area contributed by atoms with Gasteiger partial charge in [-0.05, 0) is 50.8 Å². The number of hydrogen-bond acceptors (Lipinski definition) is 5. The molecule has 2 rings (SSSR count). The number of hydrogen-bond donors (Lipinski definition) is 1. The molecule has 0 aromatic carbocycles. The minimum atomic E-state index is -1.10. The van der Waals surface area contributed by atoms with E-state index < -0.39 is 11.8 Å². The van der Waals surface area contributed by atoms with Gasteiger partial charge in [-0.15, -0.1) is 0 Å². The number of nitrogens with zero attached hydrogens (tertiary/aromatic N) is 1. The molecule has 1 aliphatic rings. The maximum Gasteiger partial charge on any atom is 0.331 e. The lowest BCUT2D eigenvalue weighted by Gasteiger charge is -2.18. The highest BCUT2D eigenvalue weighted by Gasteiger charge is 2.30. The highest BCUT2D eigenvalue weighted by molar-refractivity contribution is 6.25. The first-order valence-electron chi connectivity index (χ1n) is 8.24. The Hall–Kier alpha value is -3.02. The summed E-state index contributed by atoms with van der Waals surface area (Å²) in [6, 6.07) is 3.75. The number of allylic oxidation sites excluding steroid dienone is 4. The zero-order chi connectivity index (χ0) is 19.3. The van der Waals surface area contributed by atoms with Gasteiger partial charge in [-0.3, -0.25) is 14.6 Å². The fourth-order valence-corrected chi connectivity index (χ4v) is 2.80. The van der Waals surface area contributed by atoms with Crippen molar-refractivity contribution in [3.63, 3.8) is 0 Å². The summed E-state index contributed by atoms with van der Waals surface area (Å²) in [6.45, 7) is 3.01. The van der Waals surface area contributed by atoms with E-state index in [0.29, 0.717) is 12.8 Å². The Morgan fingerprint density at radius 3 is 2.54 bits per heavy atom. The van der Waals surface area contributed by atoms with Crippen molar-refractivity contribution in [3.05, 3.63) is 64.2 Å². The standard InChI is InChI=1S/C20H21NO5/c1-12-16(17(22)13(2)19(26-3)18(12)23)10-15(20(24)25)8-4-6-14-7-5-9-21-11-14/h5,7,9-11H,4,6,8H2,1-3H3,(H,24,25)/b15-10+. The Morgan fingerprint density at radius 2 is 1.96 bits per heavy atom. The van der Waals surface area contributed by atoms with Crippen molar-refractivity contribution in [2.75, 3.05) is 7.11 Å². The normalized spacial score (nSPS) is 15.6. The van der Waals surface area contributed by atoms with Gasteiger partial charge in [-0.1, -0.05) is 6.07 Å². The number of aryl methyl sites for hydroxylation is 1. The van der Waals surface area contributed by atoms with E-state index in [1.807, 2.05) is 12.1 Å². The number of carbonyl (C=O) groups excluding carboxylic acids is 2. The lowest BCUT2D eigenvalue weighted by atomic mass is 9.88. The number of rotatable bonds is 7. The van der Waals surface area contributed by atoms with E-state index in [9.17, 15) is 19.5 Å². The molecule has 0 atom stereocenters. The van der Waals surface area contributed by atoms with E-state index in [0.717, 1.165) is 5.56 Å². The summed E-state index contributed by atoms with van der Waals surface area (Å²) in [5.41, 5.74) is 1.61. The summed E-state index contributed by atoms with van der Waals surface area (Å²) in [4.78, 5) is 40.4. The van der Waals surface area contributed by atoms with Crippen LogP contribution in [-0.4, -0.2) is 34.7 Å². The van der Waals surface area contributed by atoms with Gasteiger partial charge in [-0.2, -0.15) is 0 Å². The highest BCUT2D eigenvalue weighted by Crippen LogP contribution is 2.27. The number of Topliss-reactive ketones (excluding diaryl/α,β-unsaturated/α-hetero) is 2. The van der Waals surface area contributed by atoms with Gasteiger partial charge < -0.3 is 9.84 Å². The van der Waals surface area contributed by atoms with Crippen molar-refractivity contribution in [3.8, 4) is 0 Å². The van der Waals surface area contributed by atoms with E-state index in [1.54, 1.807) is 12.4 Å². The molecule has 6 heteroatoms. The largest absolute Gasteiger partial charge is 0.492 e. The zero-order valence-corrected chi connectivity index (χ0v) is 15.0. The van der Waals surface area contributed by atoms with Crippen molar-refractivity contribution < 1.29 is 24.2 Å². The second-order valence-corrected chi connectivity index (χ2v) is 6.04. The fourth-order valence-electron chi connectivity index (χ4n) is 2.80. The van der Waals surface area contributed by atoms with Crippen molar-refractivity contribution in [2.24, 2.45) is 0 Å². The number of aliphatic carboxylic acids is 1. The molecule has 0 aliphatic heterocycles. The van der Waals surface area contributed by atoms with Gasteiger partial charge in [-0.25, -0.2) is 4.79 Å². The fraction of sp³-hybridized carbons (Fsp3) is 0.300. The summed E-state index contributed by atoms with van der Waals surface area (Å²) in [5, 5.41) is 9.47. The average Bonchev–Trinajstić information content (AvgIpc) is 2.63. The monoisotopic (exact) mass is 355 g/mol. The maximum atomic E-state index is 12.5. The van der Waals surface area contributed by atoms with Crippen molar-refractivity contribution in [1.29, 1.82) is 0 Å². The first kappa shape index (κ1) is 19.3. The van der Waals surface area contributed by atoms with Crippen molar-refractivity contribution in [2.45, 2.75) is 33.1 Å². The van der Waals surface area contributed by atoms with E-state index in [-0.39, 0.29) is 40.3 Å².